The molecule has 1 aromatic carbocycles. The smallest absolute Gasteiger partial charge is 0.125 e. The van der Waals surface area contributed by atoms with Crippen LogP contribution < -0.4 is 10.5 Å². The van der Waals surface area contributed by atoms with Crippen molar-refractivity contribution in [1.82, 2.24) is 0 Å². The van der Waals surface area contributed by atoms with Gasteiger partial charge in [0.2, 0.25) is 0 Å². The molecule has 0 spiro atoms. The number of halogens is 2. The Labute approximate surface area is 110 Å². The SMILES string of the molecule is C[C@@H](N)c1ccc(Br)cc1OCCCCCF. The van der Waals surface area contributed by atoms with E-state index in [1.165, 1.54) is 0 Å². The fourth-order valence-corrected chi connectivity index (χ4v) is 1.90. The van der Waals surface area contributed by atoms with E-state index in [1.54, 1.807) is 0 Å². The van der Waals surface area contributed by atoms with Crippen molar-refractivity contribution in [2.75, 3.05) is 13.3 Å². The van der Waals surface area contributed by atoms with E-state index in [4.69, 9.17) is 10.5 Å². The molecule has 1 atom stereocenters. The molecular weight excluding hydrogens is 285 g/mol. The van der Waals surface area contributed by atoms with E-state index < -0.39 is 0 Å². The van der Waals surface area contributed by atoms with Crippen LogP contribution in [0.4, 0.5) is 4.39 Å². The molecule has 0 aliphatic carbocycles. The first-order valence-electron chi connectivity index (χ1n) is 5.89. The highest BCUT2D eigenvalue weighted by Gasteiger charge is 2.08. The van der Waals surface area contributed by atoms with Gasteiger partial charge in [-0.15, -0.1) is 0 Å². The molecular formula is C13H19BrFNO. The van der Waals surface area contributed by atoms with Gasteiger partial charge in [-0.3, -0.25) is 4.39 Å². The summed E-state index contributed by atoms with van der Waals surface area (Å²) in [6.45, 7) is 2.29. The van der Waals surface area contributed by atoms with E-state index in [0.717, 1.165) is 28.6 Å². The lowest BCUT2D eigenvalue weighted by Gasteiger charge is -2.14. The van der Waals surface area contributed by atoms with Crippen LogP contribution in [0.5, 0.6) is 5.75 Å². The molecule has 0 amide bonds. The normalized spacial score (nSPS) is 12.5. The minimum Gasteiger partial charge on any atom is -0.493 e. The van der Waals surface area contributed by atoms with Crippen LogP contribution >= 0.6 is 15.9 Å². The second kappa shape index (κ2) is 7.67. The first kappa shape index (κ1) is 14.5. The van der Waals surface area contributed by atoms with Gasteiger partial charge in [-0.25, -0.2) is 0 Å². The van der Waals surface area contributed by atoms with Crippen LogP contribution in [-0.2, 0) is 0 Å². The van der Waals surface area contributed by atoms with E-state index in [0.29, 0.717) is 13.0 Å². The molecule has 0 unspecified atom stereocenters. The van der Waals surface area contributed by atoms with Crippen LogP contribution in [0.2, 0.25) is 0 Å². The number of rotatable bonds is 7. The standard InChI is InChI=1S/C13H19BrFNO/c1-10(16)12-6-5-11(14)9-13(12)17-8-4-2-3-7-15/h5-6,9-10H,2-4,7-8,16H2,1H3/t10-/m1/s1. The molecule has 17 heavy (non-hydrogen) atoms. The molecule has 0 saturated heterocycles. The summed E-state index contributed by atoms with van der Waals surface area (Å²) in [5, 5.41) is 0. The van der Waals surface area contributed by atoms with Crippen LogP contribution in [0.3, 0.4) is 0 Å². The minimum atomic E-state index is -0.248. The lowest BCUT2D eigenvalue weighted by atomic mass is 10.1. The Balaban J connectivity index is 2.53. The summed E-state index contributed by atoms with van der Waals surface area (Å²) in [5.41, 5.74) is 6.87. The van der Waals surface area contributed by atoms with Crippen LogP contribution in [0.1, 0.15) is 37.8 Å². The number of ether oxygens (including phenoxy) is 1. The maximum Gasteiger partial charge on any atom is 0.125 e. The van der Waals surface area contributed by atoms with E-state index >= 15 is 0 Å². The second-order valence-corrected chi connectivity index (χ2v) is 4.98. The minimum absolute atomic E-state index is 0.0519. The average Bonchev–Trinajstić information content (AvgIpc) is 2.28. The van der Waals surface area contributed by atoms with Crippen molar-refractivity contribution in [1.29, 1.82) is 0 Å². The predicted molar refractivity (Wildman–Crippen MR) is 72.1 cm³/mol. The highest BCUT2D eigenvalue weighted by molar-refractivity contribution is 9.10. The third-order valence-corrected chi connectivity index (χ3v) is 2.99. The van der Waals surface area contributed by atoms with Gasteiger partial charge in [-0.1, -0.05) is 22.0 Å². The highest BCUT2D eigenvalue weighted by Crippen LogP contribution is 2.27. The Hall–Kier alpha value is -0.610. The molecule has 0 heterocycles. The first-order chi connectivity index (χ1) is 8.15. The summed E-state index contributed by atoms with van der Waals surface area (Å²) in [6, 6.07) is 5.79. The van der Waals surface area contributed by atoms with E-state index in [2.05, 4.69) is 15.9 Å². The van der Waals surface area contributed by atoms with Crippen molar-refractivity contribution < 1.29 is 9.13 Å². The fraction of sp³-hybridized carbons (Fsp3) is 0.538. The van der Waals surface area contributed by atoms with Crippen LogP contribution in [-0.4, -0.2) is 13.3 Å². The number of unbranched alkanes of at least 4 members (excludes halogenated alkanes) is 2. The summed E-state index contributed by atoms with van der Waals surface area (Å²) < 4.78 is 18.6. The summed E-state index contributed by atoms with van der Waals surface area (Å²) in [4.78, 5) is 0. The van der Waals surface area contributed by atoms with Gasteiger partial charge in [0, 0.05) is 16.1 Å². The third kappa shape index (κ3) is 5.04. The number of benzene rings is 1. The molecule has 0 aliphatic rings. The molecule has 0 aromatic heterocycles. The average molecular weight is 304 g/mol. The molecule has 0 radical (unpaired) electrons. The Morgan fingerprint density at radius 1 is 1.35 bits per heavy atom. The molecule has 4 heteroatoms. The van der Waals surface area contributed by atoms with Crippen molar-refractivity contribution in [3.63, 3.8) is 0 Å². The largest absolute Gasteiger partial charge is 0.493 e. The molecule has 0 fully saturated rings. The molecule has 1 rings (SSSR count). The van der Waals surface area contributed by atoms with Crippen LogP contribution in [0.15, 0.2) is 22.7 Å². The number of hydrogen-bond acceptors (Lipinski definition) is 2. The first-order valence-corrected chi connectivity index (χ1v) is 6.68. The maximum atomic E-state index is 11.9. The molecule has 1 aromatic rings. The van der Waals surface area contributed by atoms with E-state index in [1.807, 2.05) is 25.1 Å². The molecule has 0 aliphatic heterocycles. The quantitative estimate of drug-likeness (QED) is 0.773. The van der Waals surface area contributed by atoms with Gasteiger partial charge >= 0.3 is 0 Å². The Kier molecular flexibility index (Phi) is 6.52. The van der Waals surface area contributed by atoms with Crippen molar-refractivity contribution in [2.45, 2.75) is 32.2 Å². The zero-order valence-corrected chi connectivity index (χ0v) is 11.7. The van der Waals surface area contributed by atoms with Crippen molar-refractivity contribution in [2.24, 2.45) is 5.73 Å². The van der Waals surface area contributed by atoms with Gasteiger partial charge in [-0.05, 0) is 38.3 Å². The van der Waals surface area contributed by atoms with Crippen molar-refractivity contribution >= 4 is 15.9 Å². The highest BCUT2D eigenvalue weighted by atomic mass is 79.9. The lowest BCUT2D eigenvalue weighted by Crippen LogP contribution is -2.08. The Bertz CT molecular complexity index is 344. The molecule has 96 valence electrons. The van der Waals surface area contributed by atoms with E-state index in [9.17, 15) is 4.39 Å². The lowest BCUT2D eigenvalue weighted by molar-refractivity contribution is 0.297. The molecule has 0 saturated carbocycles. The van der Waals surface area contributed by atoms with Gasteiger partial charge < -0.3 is 10.5 Å². The molecule has 2 N–H and O–H groups in total. The number of nitrogens with two attached hydrogens (primary N) is 1. The van der Waals surface area contributed by atoms with Gasteiger partial charge in [0.15, 0.2) is 0 Å². The second-order valence-electron chi connectivity index (χ2n) is 4.07. The van der Waals surface area contributed by atoms with Gasteiger partial charge in [0.1, 0.15) is 5.75 Å². The Morgan fingerprint density at radius 2 is 2.12 bits per heavy atom. The summed E-state index contributed by atoms with van der Waals surface area (Å²) >= 11 is 3.41. The van der Waals surface area contributed by atoms with E-state index in [-0.39, 0.29) is 12.7 Å². The Morgan fingerprint density at radius 3 is 2.76 bits per heavy atom. The van der Waals surface area contributed by atoms with Gasteiger partial charge in [0.05, 0.1) is 13.3 Å². The number of alkyl halides is 1. The summed E-state index contributed by atoms with van der Waals surface area (Å²) in [7, 11) is 0. The molecule has 0 bridgehead atoms. The zero-order chi connectivity index (χ0) is 12.7. The van der Waals surface area contributed by atoms with Gasteiger partial charge in [0.25, 0.3) is 0 Å². The van der Waals surface area contributed by atoms with Crippen molar-refractivity contribution in [3.8, 4) is 5.75 Å². The maximum absolute atomic E-state index is 11.9. The van der Waals surface area contributed by atoms with Crippen LogP contribution in [0, 0.1) is 0 Å². The summed E-state index contributed by atoms with van der Waals surface area (Å²) in [5.74, 6) is 0.814. The van der Waals surface area contributed by atoms with Crippen molar-refractivity contribution in [3.05, 3.63) is 28.2 Å². The number of hydrogen-bond donors (Lipinski definition) is 1. The zero-order valence-electron chi connectivity index (χ0n) is 10.1. The summed E-state index contributed by atoms with van der Waals surface area (Å²) in [6.07, 6.45) is 2.34. The third-order valence-electron chi connectivity index (χ3n) is 2.50. The van der Waals surface area contributed by atoms with Crippen LogP contribution in [0.25, 0.3) is 0 Å². The van der Waals surface area contributed by atoms with Gasteiger partial charge in [-0.2, -0.15) is 0 Å². The predicted octanol–water partition coefficient (Wildman–Crippen LogP) is 3.99. The monoisotopic (exact) mass is 303 g/mol. The topological polar surface area (TPSA) is 35.2 Å². The molecule has 2 nitrogen and oxygen atoms in total. The fourth-order valence-electron chi connectivity index (χ4n) is 1.56.